The molecule has 0 saturated heterocycles. The minimum absolute atomic E-state index is 0.00618. The van der Waals surface area contributed by atoms with Crippen LogP contribution in [0.4, 0.5) is 4.39 Å². The zero-order valence-electron chi connectivity index (χ0n) is 17.0. The number of benzene rings is 2. The third-order valence-electron chi connectivity index (χ3n) is 6.66. The van der Waals surface area contributed by atoms with Crippen LogP contribution < -0.4 is 10.6 Å². The highest BCUT2D eigenvalue weighted by Gasteiger charge is 2.42. The molecule has 2 aromatic rings. The van der Waals surface area contributed by atoms with Crippen molar-refractivity contribution >= 4 is 11.8 Å². The first-order valence-corrected chi connectivity index (χ1v) is 10.7. The maximum atomic E-state index is 14.4. The minimum Gasteiger partial charge on any atom is -0.349 e. The molecule has 0 bridgehead atoms. The van der Waals surface area contributed by atoms with Crippen LogP contribution in [-0.4, -0.2) is 36.3 Å². The highest BCUT2D eigenvalue weighted by Crippen LogP contribution is 2.38. The van der Waals surface area contributed by atoms with Crippen LogP contribution in [0.2, 0.25) is 0 Å². The van der Waals surface area contributed by atoms with Gasteiger partial charge in [0.05, 0.1) is 18.5 Å². The fraction of sp³-hybridized carbons (Fsp3) is 0.417. The Morgan fingerprint density at radius 2 is 1.90 bits per heavy atom. The SMILES string of the molecule is CNC1c2c(F)cccc2CC1NC(=O)C1c2ccccc2CC(=O)N1CC1CC1. The summed E-state index contributed by atoms with van der Waals surface area (Å²) in [6.45, 7) is 0.625. The van der Waals surface area contributed by atoms with Crippen LogP contribution in [0.3, 0.4) is 0 Å². The van der Waals surface area contributed by atoms with Gasteiger partial charge in [-0.1, -0.05) is 36.4 Å². The first-order chi connectivity index (χ1) is 14.6. The van der Waals surface area contributed by atoms with E-state index in [1.165, 1.54) is 6.07 Å². The molecular formula is C24H26FN3O2. The van der Waals surface area contributed by atoms with E-state index < -0.39 is 6.04 Å². The lowest BCUT2D eigenvalue weighted by Crippen LogP contribution is -2.51. The molecule has 3 aliphatic rings. The van der Waals surface area contributed by atoms with E-state index in [9.17, 15) is 14.0 Å². The first kappa shape index (κ1) is 19.2. The highest BCUT2D eigenvalue weighted by atomic mass is 19.1. The van der Waals surface area contributed by atoms with E-state index in [1.807, 2.05) is 30.3 Å². The molecule has 30 heavy (non-hydrogen) atoms. The van der Waals surface area contributed by atoms with E-state index >= 15 is 0 Å². The van der Waals surface area contributed by atoms with Gasteiger partial charge in [-0.15, -0.1) is 0 Å². The number of rotatable bonds is 5. The number of amides is 2. The van der Waals surface area contributed by atoms with Crippen molar-refractivity contribution in [3.8, 4) is 0 Å². The molecule has 0 aromatic heterocycles. The fourth-order valence-corrected chi connectivity index (χ4v) is 5.01. The number of likely N-dealkylation sites (N-methyl/N-ethyl adjacent to an activating group) is 1. The van der Waals surface area contributed by atoms with E-state index in [-0.39, 0.29) is 29.7 Å². The molecule has 3 atom stereocenters. The molecule has 0 spiro atoms. The fourth-order valence-electron chi connectivity index (χ4n) is 5.01. The highest BCUT2D eigenvalue weighted by molar-refractivity contribution is 5.92. The lowest BCUT2D eigenvalue weighted by Gasteiger charge is -2.37. The Bertz CT molecular complexity index is 1000. The molecule has 5 rings (SSSR count). The van der Waals surface area contributed by atoms with Gasteiger partial charge in [0.15, 0.2) is 0 Å². The number of halogens is 1. The van der Waals surface area contributed by atoms with Gasteiger partial charge in [0.1, 0.15) is 11.9 Å². The topological polar surface area (TPSA) is 61.4 Å². The molecule has 3 unspecified atom stereocenters. The van der Waals surface area contributed by atoms with Gasteiger partial charge < -0.3 is 15.5 Å². The third kappa shape index (κ3) is 3.29. The van der Waals surface area contributed by atoms with Gasteiger partial charge in [-0.25, -0.2) is 4.39 Å². The third-order valence-corrected chi connectivity index (χ3v) is 6.66. The van der Waals surface area contributed by atoms with Gasteiger partial charge in [-0.3, -0.25) is 9.59 Å². The standard InChI is InChI=1S/C24H26FN3O2/c1-26-22-19(11-16-6-4-8-18(25)21(16)22)27-24(30)23-17-7-3-2-5-15(17)12-20(29)28(23)13-14-9-10-14/h2-8,14,19,22-23,26H,9-13H2,1H3,(H,27,30). The number of hydrogen-bond acceptors (Lipinski definition) is 3. The normalized spacial score (nSPS) is 25.1. The molecule has 2 N–H and O–H groups in total. The monoisotopic (exact) mass is 407 g/mol. The number of nitrogens with zero attached hydrogens (tertiary/aromatic N) is 1. The van der Waals surface area contributed by atoms with Gasteiger partial charge in [0.25, 0.3) is 0 Å². The minimum atomic E-state index is -0.630. The Kier molecular flexibility index (Phi) is 4.82. The van der Waals surface area contributed by atoms with Gasteiger partial charge in [-0.05, 0) is 55.0 Å². The van der Waals surface area contributed by atoms with Crippen LogP contribution in [-0.2, 0) is 22.4 Å². The van der Waals surface area contributed by atoms with Crippen molar-refractivity contribution in [2.24, 2.45) is 5.92 Å². The van der Waals surface area contributed by atoms with Crippen molar-refractivity contribution in [2.45, 2.75) is 43.8 Å². The maximum absolute atomic E-state index is 14.4. The van der Waals surface area contributed by atoms with Gasteiger partial charge in [-0.2, -0.15) is 0 Å². The lowest BCUT2D eigenvalue weighted by molar-refractivity contribution is -0.142. The van der Waals surface area contributed by atoms with Crippen LogP contribution in [0.25, 0.3) is 0 Å². The summed E-state index contributed by atoms with van der Waals surface area (Å²) in [5, 5.41) is 6.31. The number of fused-ring (bicyclic) bond motifs is 2. The molecule has 2 amide bonds. The van der Waals surface area contributed by atoms with Crippen molar-refractivity contribution in [1.29, 1.82) is 0 Å². The Labute approximate surface area is 175 Å². The van der Waals surface area contributed by atoms with Crippen molar-refractivity contribution < 1.29 is 14.0 Å². The largest absolute Gasteiger partial charge is 0.349 e. The molecule has 6 heteroatoms. The van der Waals surface area contributed by atoms with Gasteiger partial charge in [0, 0.05) is 12.1 Å². The molecule has 0 radical (unpaired) electrons. The summed E-state index contributed by atoms with van der Waals surface area (Å²) in [6.07, 6.45) is 3.12. The van der Waals surface area contributed by atoms with Crippen LogP contribution in [0, 0.1) is 11.7 Å². The smallest absolute Gasteiger partial charge is 0.247 e. The quantitative estimate of drug-likeness (QED) is 0.801. The van der Waals surface area contributed by atoms with Crippen LogP contribution in [0.15, 0.2) is 42.5 Å². The van der Waals surface area contributed by atoms with Gasteiger partial charge in [0.2, 0.25) is 11.8 Å². The Morgan fingerprint density at radius 3 is 2.67 bits per heavy atom. The molecule has 2 aliphatic carbocycles. The van der Waals surface area contributed by atoms with Crippen molar-refractivity contribution in [3.63, 3.8) is 0 Å². The van der Waals surface area contributed by atoms with Crippen LogP contribution >= 0.6 is 0 Å². The summed E-state index contributed by atoms with van der Waals surface area (Å²) in [5.41, 5.74) is 3.36. The molecular weight excluding hydrogens is 381 g/mol. The van der Waals surface area contributed by atoms with Gasteiger partial charge >= 0.3 is 0 Å². The summed E-state index contributed by atoms with van der Waals surface area (Å²) in [6, 6.07) is 11.6. The summed E-state index contributed by atoms with van der Waals surface area (Å²) >= 11 is 0. The van der Waals surface area contributed by atoms with Crippen molar-refractivity contribution in [2.75, 3.05) is 13.6 Å². The first-order valence-electron chi connectivity index (χ1n) is 10.7. The zero-order chi connectivity index (χ0) is 20.8. The summed E-state index contributed by atoms with van der Waals surface area (Å²) < 4.78 is 14.4. The second-order valence-corrected chi connectivity index (χ2v) is 8.67. The Balaban J connectivity index is 1.44. The average Bonchev–Trinajstić information content (AvgIpc) is 3.47. The Hall–Kier alpha value is -2.73. The average molecular weight is 407 g/mol. The van der Waals surface area contributed by atoms with E-state index in [0.717, 1.165) is 29.5 Å². The Morgan fingerprint density at radius 1 is 1.13 bits per heavy atom. The second-order valence-electron chi connectivity index (χ2n) is 8.67. The molecule has 1 aliphatic heterocycles. The van der Waals surface area contributed by atoms with E-state index in [1.54, 1.807) is 18.0 Å². The molecule has 156 valence electrons. The number of nitrogens with one attached hydrogen (secondary N) is 2. The van der Waals surface area contributed by atoms with E-state index in [0.29, 0.717) is 30.9 Å². The predicted octanol–water partition coefficient (Wildman–Crippen LogP) is 2.66. The predicted molar refractivity (Wildman–Crippen MR) is 111 cm³/mol. The summed E-state index contributed by atoms with van der Waals surface area (Å²) in [7, 11) is 1.78. The molecule has 1 fully saturated rings. The van der Waals surface area contributed by atoms with E-state index in [2.05, 4.69) is 10.6 Å². The van der Waals surface area contributed by atoms with Crippen LogP contribution in [0.1, 0.15) is 47.2 Å². The molecule has 1 heterocycles. The molecule has 2 aromatic carbocycles. The van der Waals surface area contributed by atoms with Crippen molar-refractivity contribution in [1.82, 2.24) is 15.5 Å². The van der Waals surface area contributed by atoms with Crippen molar-refractivity contribution in [3.05, 3.63) is 70.5 Å². The summed E-state index contributed by atoms with van der Waals surface area (Å²) in [4.78, 5) is 28.2. The maximum Gasteiger partial charge on any atom is 0.247 e. The summed E-state index contributed by atoms with van der Waals surface area (Å²) in [5.74, 6) is 0.0582. The van der Waals surface area contributed by atoms with Crippen LogP contribution in [0.5, 0.6) is 0 Å². The zero-order valence-corrected chi connectivity index (χ0v) is 17.0. The number of carbonyl (C=O) groups is 2. The molecule has 5 nitrogen and oxygen atoms in total. The second kappa shape index (κ2) is 7.51. The number of hydrogen-bond donors (Lipinski definition) is 2. The molecule has 1 saturated carbocycles. The lowest BCUT2D eigenvalue weighted by atomic mass is 9.91. The van der Waals surface area contributed by atoms with E-state index in [4.69, 9.17) is 0 Å². The number of carbonyl (C=O) groups excluding carboxylic acids is 2.